The molecule has 0 unspecified atom stereocenters. The molecule has 0 saturated carbocycles. The predicted molar refractivity (Wildman–Crippen MR) is 107 cm³/mol. The summed E-state index contributed by atoms with van der Waals surface area (Å²) in [4.78, 5) is 6.46. The molecular formula is C17H30IN3O2. The molecule has 0 amide bonds. The van der Waals surface area contributed by atoms with Crippen LogP contribution in [0.2, 0.25) is 0 Å². The van der Waals surface area contributed by atoms with E-state index in [0.29, 0.717) is 13.2 Å². The molecule has 5 nitrogen and oxygen atoms in total. The first-order valence-electron chi connectivity index (χ1n) is 7.80. The summed E-state index contributed by atoms with van der Waals surface area (Å²) in [5.74, 6) is 0.921. The quantitative estimate of drug-likeness (QED) is 0.266. The first-order valence-corrected chi connectivity index (χ1v) is 7.80. The van der Waals surface area contributed by atoms with Crippen LogP contribution in [-0.4, -0.2) is 58.4 Å². The molecule has 0 radical (unpaired) electrons. The van der Waals surface area contributed by atoms with Gasteiger partial charge in [0.15, 0.2) is 5.96 Å². The molecule has 132 valence electrons. The Labute approximate surface area is 157 Å². The van der Waals surface area contributed by atoms with Gasteiger partial charge in [-0.1, -0.05) is 30.3 Å². The molecule has 0 aliphatic heterocycles. The minimum absolute atomic E-state index is 0. The Hall–Kier alpha value is -0.860. The van der Waals surface area contributed by atoms with E-state index in [1.807, 2.05) is 13.1 Å². The molecule has 0 atom stereocenters. The second kappa shape index (κ2) is 14.7. The molecule has 0 fully saturated rings. The monoisotopic (exact) mass is 435 g/mol. The van der Waals surface area contributed by atoms with Gasteiger partial charge in [-0.15, -0.1) is 24.0 Å². The van der Waals surface area contributed by atoms with E-state index in [0.717, 1.165) is 38.5 Å². The largest absolute Gasteiger partial charge is 0.382 e. The van der Waals surface area contributed by atoms with E-state index < -0.39 is 0 Å². The third-order valence-corrected chi connectivity index (χ3v) is 3.27. The van der Waals surface area contributed by atoms with E-state index >= 15 is 0 Å². The maximum atomic E-state index is 5.44. The molecule has 0 bridgehead atoms. The van der Waals surface area contributed by atoms with Crippen LogP contribution in [0.1, 0.15) is 18.4 Å². The van der Waals surface area contributed by atoms with Gasteiger partial charge in [0.05, 0.1) is 13.2 Å². The van der Waals surface area contributed by atoms with Crippen molar-refractivity contribution in [1.29, 1.82) is 0 Å². The standard InChI is InChI=1S/C17H29N3O2.HI/c1-18-17(19-11-7-8-12-22-14-13-21-3)20(2)15-16-9-5-4-6-10-16;/h4-6,9-10H,7-8,11-15H2,1-3H3,(H,18,19);1H. The fourth-order valence-electron chi connectivity index (χ4n) is 2.09. The summed E-state index contributed by atoms with van der Waals surface area (Å²) in [6.45, 7) is 3.87. The van der Waals surface area contributed by atoms with Gasteiger partial charge in [-0.05, 0) is 18.4 Å². The number of hydrogen-bond donors (Lipinski definition) is 1. The molecule has 1 aromatic rings. The summed E-state index contributed by atoms with van der Waals surface area (Å²) in [5, 5.41) is 3.39. The van der Waals surface area contributed by atoms with E-state index in [4.69, 9.17) is 9.47 Å². The molecule has 1 rings (SSSR count). The van der Waals surface area contributed by atoms with Crippen molar-refractivity contribution in [3.8, 4) is 0 Å². The van der Waals surface area contributed by atoms with Crippen LogP contribution < -0.4 is 5.32 Å². The summed E-state index contributed by atoms with van der Waals surface area (Å²) in [6.07, 6.45) is 2.10. The van der Waals surface area contributed by atoms with Gasteiger partial charge in [-0.25, -0.2) is 0 Å². The maximum Gasteiger partial charge on any atom is 0.193 e. The number of nitrogens with one attached hydrogen (secondary N) is 1. The van der Waals surface area contributed by atoms with Gasteiger partial charge in [0.1, 0.15) is 0 Å². The van der Waals surface area contributed by atoms with Crippen molar-refractivity contribution in [1.82, 2.24) is 10.2 Å². The Morgan fingerprint density at radius 2 is 1.87 bits per heavy atom. The average Bonchev–Trinajstić information content (AvgIpc) is 2.54. The van der Waals surface area contributed by atoms with Gasteiger partial charge in [0.25, 0.3) is 0 Å². The molecule has 0 spiro atoms. The van der Waals surface area contributed by atoms with Crippen molar-refractivity contribution in [3.63, 3.8) is 0 Å². The average molecular weight is 435 g/mol. The van der Waals surface area contributed by atoms with Crippen LogP contribution >= 0.6 is 24.0 Å². The molecule has 0 heterocycles. The molecule has 0 aliphatic carbocycles. The summed E-state index contributed by atoms with van der Waals surface area (Å²) < 4.78 is 10.4. The number of aliphatic imine (C=N–C) groups is 1. The number of hydrogen-bond acceptors (Lipinski definition) is 3. The van der Waals surface area contributed by atoms with Crippen molar-refractivity contribution in [2.75, 3.05) is 47.6 Å². The molecule has 0 aliphatic rings. The fraction of sp³-hybridized carbons (Fsp3) is 0.588. The number of rotatable bonds is 10. The smallest absolute Gasteiger partial charge is 0.193 e. The highest BCUT2D eigenvalue weighted by molar-refractivity contribution is 14.0. The van der Waals surface area contributed by atoms with Crippen LogP contribution in [0.25, 0.3) is 0 Å². The minimum atomic E-state index is 0. The number of benzene rings is 1. The topological polar surface area (TPSA) is 46.1 Å². The summed E-state index contributed by atoms with van der Waals surface area (Å²) in [5.41, 5.74) is 1.28. The molecule has 1 aromatic carbocycles. The zero-order valence-corrected chi connectivity index (χ0v) is 16.8. The van der Waals surface area contributed by atoms with Crippen LogP contribution in [0.5, 0.6) is 0 Å². The van der Waals surface area contributed by atoms with Gasteiger partial charge >= 0.3 is 0 Å². The second-order valence-electron chi connectivity index (χ2n) is 5.13. The molecule has 6 heteroatoms. The Kier molecular flexibility index (Phi) is 14.2. The van der Waals surface area contributed by atoms with Gasteiger partial charge in [0, 0.05) is 40.9 Å². The van der Waals surface area contributed by atoms with E-state index in [2.05, 4.69) is 46.5 Å². The minimum Gasteiger partial charge on any atom is -0.382 e. The third-order valence-electron chi connectivity index (χ3n) is 3.27. The van der Waals surface area contributed by atoms with Gasteiger partial charge in [0.2, 0.25) is 0 Å². The van der Waals surface area contributed by atoms with Crippen LogP contribution in [-0.2, 0) is 16.0 Å². The molecule has 23 heavy (non-hydrogen) atoms. The number of nitrogens with zero attached hydrogens (tertiary/aromatic N) is 2. The number of methoxy groups -OCH3 is 1. The highest BCUT2D eigenvalue weighted by Crippen LogP contribution is 2.02. The van der Waals surface area contributed by atoms with Crippen LogP contribution in [0.3, 0.4) is 0 Å². The second-order valence-corrected chi connectivity index (χ2v) is 5.13. The lowest BCUT2D eigenvalue weighted by atomic mass is 10.2. The zero-order chi connectivity index (χ0) is 16.0. The Balaban J connectivity index is 0.00000484. The van der Waals surface area contributed by atoms with Crippen LogP contribution in [0, 0.1) is 0 Å². The first kappa shape index (κ1) is 22.1. The van der Waals surface area contributed by atoms with Crippen molar-refractivity contribution in [2.45, 2.75) is 19.4 Å². The van der Waals surface area contributed by atoms with Crippen molar-refractivity contribution in [3.05, 3.63) is 35.9 Å². The maximum absolute atomic E-state index is 5.44. The summed E-state index contributed by atoms with van der Waals surface area (Å²) in [6, 6.07) is 10.4. The van der Waals surface area contributed by atoms with Crippen LogP contribution in [0.15, 0.2) is 35.3 Å². The predicted octanol–water partition coefficient (Wildman–Crippen LogP) is 2.76. The van der Waals surface area contributed by atoms with Crippen molar-refractivity contribution < 1.29 is 9.47 Å². The van der Waals surface area contributed by atoms with Crippen molar-refractivity contribution >= 4 is 29.9 Å². The summed E-state index contributed by atoms with van der Waals surface area (Å²) in [7, 11) is 5.55. The van der Waals surface area contributed by atoms with Crippen molar-refractivity contribution in [2.24, 2.45) is 4.99 Å². The number of unbranched alkanes of at least 4 members (excludes halogenated alkanes) is 1. The van der Waals surface area contributed by atoms with E-state index in [1.54, 1.807) is 7.11 Å². The highest BCUT2D eigenvalue weighted by atomic mass is 127. The van der Waals surface area contributed by atoms with Gasteiger partial charge < -0.3 is 19.7 Å². The Bertz CT molecular complexity index is 416. The zero-order valence-electron chi connectivity index (χ0n) is 14.5. The Morgan fingerprint density at radius 1 is 1.13 bits per heavy atom. The molecular weight excluding hydrogens is 405 g/mol. The fourth-order valence-corrected chi connectivity index (χ4v) is 2.09. The number of ether oxygens (including phenoxy) is 2. The SMILES string of the molecule is CN=C(NCCCCOCCOC)N(C)Cc1ccccc1.I. The number of guanidine groups is 1. The first-order chi connectivity index (χ1) is 10.8. The molecule has 1 N–H and O–H groups in total. The van der Waals surface area contributed by atoms with Gasteiger partial charge in [-0.2, -0.15) is 0 Å². The van der Waals surface area contributed by atoms with E-state index in [-0.39, 0.29) is 24.0 Å². The van der Waals surface area contributed by atoms with Crippen LogP contribution in [0.4, 0.5) is 0 Å². The normalized spacial score (nSPS) is 11.0. The van der Waals surface area contributed by atoms with E-state index in [1.165, 1.54) is 5.56 Å². The molecule has 0 saturated heterocycles. The Morgan fingerprint density at radius 3 is 2.52 bits per heavy atom. The summed E-state index contributed by atoms with van der Waals surface area (Å²) >= 11 is 0. The highest BCUT2D eigenvalue weighted by Gasteiger charge is 2.05. The lowest BCUT2D eigenvalue weighted by molar-refractivity contribution is 0.0689. The number of halogens is 1. The third kappa shape index (κ3) is 10.5. The lowest BCUT2D eigenvalue weighted by Gasteiger charge is -2.22. The lowest BCUT2D eigenvalue weighted by Crippen LogP contribution is -2.38. The van der Waals surface area contributed by atoms with Gasteiger partial charge in [-0.3, -0.25) is 4.99 Å². The molecule has 0 aromatic heterocycles. The van der Waals surface area contributed by atoms with E-state index in [9.17, 15) is 0 Å².